The fourth-order valence-corrected chi connectivity index (χ4v) is 4.22. The highest BCUT2D eigenvalue weighted by atomic mass is 32.1. The summed E-state index contributed by atoms with van der Waals surface area (Å²) in [4.78, 5) is 35.2. The molecular weight excluding hydrogens is 324 g/mol. The van der Waals surface area contributed by atoms with E-state index in [0.29, 0.717) is 17.8 Å². The number of amides is 2. The van der Waals surface area contributed by atoms with Gasteiger partial charge in [-0.3, -0.25) is 9.59 Å². The van der Waals surface area contributed by atoms with Crippen molar-refractivity contribution in [2.45, 2.75) is 52.5 Å². The fraction of sp³-hybridized carbons (Fsp3) is 0.529. The summed E-state index contributed by atoms with van der Waals surface area (Å²) in [5.74, 6) is 0.496. The lowest BCUT2D eigenvalue weighted by Gasteiger charge is -2.14. The van der Waals surface area contributed by atoms with Crippen molar-refractivity contribution in [3.05, 3.63) is 22.0 Å². The molecule has 128 valence electrons. The Bertz CT molecular complexity index is 799. The smallest absolute Gasteiger partial charge is 0.262 e. The number of nitrogens with zero attached hydrogens (tertiary/aromatic N) is 2. The second-order valence-electron chi connectivity index (χ2n) is 6.13. The number of rotatable bonds is 3. The van der Waals surface area contributed by atoms with Crippen molar-refractivity contribution in [3.63, 3.8) is 0 Å². The van der Waals surface area contributed by atoms with Crippen LogP contribution in [0.3, 0.4) is 0 Å². The predicted molar refractivity (Wildman–Crippen MR) is 94.4 cm³/mol. The second kappa shape index (κ2) is 6.84. The number of aromatic nitrogens is 2. The number of thiophene rings is 1. The zero-order valence-electron chi connectivity index (χ0n) is 14.2. The van der Waals surface area contributed by atoms with Crippen LogP contribution in [0.1, 0.15) is 52.9 Å². The zero-order valence-corrected chi connectivity index (χ0v) is 15.0. The van der Waals surface area contributed by atoms with E-state index in [1.165, 1.54) is 11.3 Å². The zero-order chi connectivity index (χ0) is 17.3. The van der Waals surface area contributed by atoms with Crippen LogP contribution >= 0.6 is 11.3 Å². The first-order valence-electron chi connectivity index (χ1n) is 8.36. The lowest BCUT2D eigenvalue weighted by Crippen LogP contribution is -2.45. The maximum atomic E-state index is 12.7. The van der Waals surface area contributed by atoms with E-state index in [4.69, 9.17) is 0 Å². The lowest BCUT2D eigenvalue weighted by atomic mass is 10.1. The molecule has 3 rings (SSSR count). The molecular formula is C17H22N4O2S. The highest BCUT2D eigenvalue weighted by Crippen LogP contribution is 2.31. The van der Waals surface area contributed by atoms with Gasteiger partial charge in [-0.15, -0.1) is 11.3 Å². The molecule has 0 unspecified atom stereocenters. The molecule has 2 N–H and O–H groups in total. The van der Waals surface area contributed by atoms with Crippen molar-refractivity contribution >= 4 is 33.4 Å². The van der Waals surface area contributed by atoms with E-state index in [2.05, 4.69) is 20.6 Å². The second-order valence-corrected chi connectivity index (χ2v) is 7.13. The Kier molecular flexibility index (Phi) is 4.80. The van der Waals surface area contributed by atoms with Crippen molar-refractivity contribution in [2.75, 3.05) is 6.54 Å². The van der Waals surface area contributed by atoms with E-state index in [0.717, 1.165) is 46.6 Å². The van der Waals surface area contributed by atoms with E-state index in [-0.39, 0.29) is 11.8 Å². The first-order chi connectivity index (χ1) is 11.5. The van der Waals surface area contributed by atoms with E-state index in [1.807, 2.05) is 20.8 Å². The lowest BCUT2D eigenvalue weighted by molar-refractivity contribution is -0.122. The Labute approximate surface area is 145 Å². The third-order valence-electron chi connectivity index (χ3n) is 4.38. The average molecular weight is 346 g/mol. The van der Waals surface area contributed by atoms with E-state index in [9.17, 15) is 9.59 Å². The Morgan fingerprint density at radius 3 is 2.88 bits per heavy atom. The van der Waals surface area contributed by atoms with E-state index >= 15 is 0 Å². The van der Waals surface area contributed by atoms with Crippen molar-refractivity contribution in [1.82, 2.24) is 20.6 Å². The van der Waals surface area contributed by atoms with Gasteiger partial charge in [0.15, 0.2) is 0 Å². The molecule has 1 atom stereocenters. The predicted octanol–water partition coefficient (Wildman–Crippen LogP) is 2.27. The summed E-state index contributed by atoms with van der Waals surface area (Å²) in [7, 11) is 0. The molecule has 1 fully saturated rings. The molecule has 3 heterocycles. The van der Waals surface area contributed by atoms with Crippen molar-refractivity contribution in [1.29, 1.82) is 0 Å². The number of carbonyl (C=O) groups excluding carboxylic acids is 2. The van der Waals surface area contributed by atoms with Gasteiger partial charge in [-0.25, -0.2) is 9.97 Å². The SMILES string of the molecule is CCc1nc(C)c2c(C)c(C(=O)N[C@@H]3CCCCNC3=O)sc2n1. The van der Waals surface area contributed by atoms with Crippen LogP contribution in [0.2, 0.25) is 0 Å². The highest BCUT2D eigenvalue weighted by Gasteiger charge is 2.25. The highest BCUT2D eigenvalue weighted by molar-refractivity contribution is 7.20. The topological polar surface area (TPSA) is 84.0 Å². The molecule has 7 heteroatoms. The molecule has 2 aromatic rings. The summed E-state index contributed by atoms with van der Waals surface area (Å²) < 4.78 is 0. The number of carbonyl (C=O) groups is 2. The van der Waals surface area contributed by atoms with Gasteiger partial charge in [-0.2, -0.15) is 0 Å². The molecule has 0 bridgehead atoms. The molecule has 0 radical (unpaired) electrons. The van der Waals surface area contributed by atoms with Gasteiger partial charge >= 0.3 is 0 Å². The Balaban J connectivity index is 1.91. The normalized spacial score (nSPS) is 18.3. The maximum Gasteiger partial charge on any atom is 0.262 e. The molecule has 1 aliphatic rings. The van der Waals surface area contributed by atoms with Gasteiger partial charge in [0.1, 0.15) is 16.7 Å². The van der Waals surface area contributed by atoms with Gasteiger partial charge in [0.2, 0.25) is 5.91 Å². The minimum atomic E-state index is -0.456. The maximum absolute atomic E-state index is 12.7. The van der Waals surface area contributed by atoms with Crippen LogP contribution in [0.15, 0.2) is 0 Å². The van der Waals surface area contributed by atoms with Gasteiger partial charge in [-0.1, -0.05) is 6.92 Å². The van der Waals surface area contributed by atoms with Crippen LogP contribution in [0.25, 0.3) is 10.2 Å². The monoisotopic (exact) mass is 346 g/mol. The van der Waals surface area contributed by atoms with Crippen LogP contribution in [-0.4, -0.2) is 34.4 Å². The van der Waals surface area contributed by atoms with Crippen molar-refractivity contribution in [3.8, 4) is 0 Å². The summed E-state index contributed by atoms with van der Waals surface area (Å²) in [5, 5.41) is 6.68. The third kappa shape index (κ3) is 3.13. The van der Waals surface area contributed by atoms with Crippen LogP contribution in [-0.2, 0) is 11.2 Å². The Morgan fingerprint density at radius 1 is 1.33 bits per heavy atom. The summed E-state index contributed by atoms with van der Waals surface area (Å²) in [6.07, 6.45) is 3.33. The minimum absolute atomic E-state index is 0.0937. The first kappa shape index (κ1) is 16.8. The van der Waals surface area contributed by atoms with Crippen molar-refractivity contribution < 1.29 is 9.59 Å². The Hall–Kier alpha value is -2.02. The summed E-state index contributed by atoms with van der Waals surface area (Å²) in [6, 6.07) is -0.456. The molecule has 0 saturated carbocycles. The quantitative estimate of drug-likeness (QED) is 0.893. The van der Waals surface area contributed by atoms with Gasteiger partial charge in [0, 0.05) is 24.0 Å². The Morgan fingerprint density at radius 2 is 2.12 bits per heavy atom. The minimum Gasteiger partial charge on any atom is -0.354 e. The van der Waals surface area contributed by atoms with Crippen molar-refractivity contribution in [2.24, 2.45) is 0 Å². The molecule has 1 aliphatic heterocycles. The van der Waals surface area contributed by atoms with Crippen LogP contribution in [0, 0.1) is 13.8 Å². The first-order valence-corrected chi connectivity index (χ1v) is 9.18. The number of hydrogen-bond donors (Lipinski definition) is 2. The number of hydrogen-bond acceptors (Lipinski definition) is 5. The van der Waals surface area contributed by atoms with E-state index < -0.39 is 6.04 Å². The van der Waals surface area contributed by atoms with Crippen LogP contribution < -0.4 is 10.6 Å². The standard InChI is InChI=1S/C17H22N4O2S/c1-4-12-19-10(3)13-9(2)14(24-17(13)21-12)16(23)20-11-7-5-6-8-18-15(11)22/h11H,4-8H2,1-3H3,(H,18,22)(H,20,23)/t11-/m1/s1. The molecule has 2 aromatic heterocycles. The molecule has 2 amide bonds. The number of fused-ring (bicyclic) bond motifs is 1. The average Bonchev–Trinajstić information content (AvgIpc) is 2.76. The molecule has 0 aromatic carbocycles. The van der Waals surface area contributed by atoms with Gasteiger partial charge in [0.25, 0.3) is 5.91 Å². The number of aryl methyl sites for hydroxylation is 3. The van der Waals surface area contributed by atoms with Gasteiger partial charge in [-0.05, 0) is 38.7 Å². The molecule has 0 spiro atoms. The molecule has 1 saturated heterocycles. The largest absolute Gasteiger partial charge is 0.354 e. The van der Waals surface area contributed by atoms with Gasteiger partial charge < -0.3 is 10.6 Å². The van der Waals surface area contributed by atoms with Crippen LogP contribution in [0.5, 0.6) is 0 Å². The van der Waals surface area contributed by atoms with Gasteiger partial charge in [0.05, 0.1) is 4.88 Å². The van der Waals surface area contributed by atoms with Crippen LogP contribution in [0.4, 0.5) is 0 Å². The molecule has 24 heavy (non-hydrogen) atoms. The third-order valence-corrected chi connectivity index (χ3v) is 5.56. The summed E-state index contributed by atoms with van der Waals surface area (Å²) in [6.45, 7) is 6.56. The number of nitrogens with one attached hydrogen (secondary N) is 2. The molecule has 6 nitrogen and oxygen atoms in total. The summed E-state index contributed by atoms with van der Waals surface area (Å²) in [5.41, 5.74) is 1.79. The van der Waals surface area contributed by atoms with E-state index in [1.54, 1.807) is 0 Å². The summed E-state index contributed by atoms with van der Waals surface area (Å²) >= 11 is 1.38. The molecule has 0 aliphatic carbocycles. The fourth-order valence-electron chi connectivity index (χ4n) is 3.07.